The Balaban J connectivity index is 2.62. The Morgan fingerprint density at radius 1 is 1.14 bits per heavy atom. The molecule has 0 aromatic rings. The molecule has 0 amide bonds. The molecule has 4 atom stereocenters. The summed E-state index contributed by atoms with van der Waals surface area (Å²) in [4.78, 5) is 0. The first-order valence-corrected chi connectivity index (χ1v) is 9.45. The van der Waals surface area contributed by atoms with Crippen molar-refractivity contribution < 1.29 is 4.74 Å². The number of ether oxygens (including phenoxy) is 1. The predicted molar refractivity (Wildman–Crippen MR) is 93.6 cm³/mol. The van der Waals surface area contributed by atoms with Crippen molar-refractivity contribution in [3.8, 4) is 0 Å². The molecule has 126 valence electrons. The fraction of sp³-hybridized carbons (Fsp3) is 1.00. The van der Waals surface area contributed by atoms with Crippen molar-refractivity contribution in [3.05, 3.63) is 0 Å². The van der Waals surface area contributed by atoms with Crippen molar-refractivity contribution in [2.45, 2.75) is 105 Å². The van der Waals surface area contributed by atoms with Gasteiger partial charge in [-0.05, 0) is 56.3 Å². The van der Waals surface area contributed by atoms with Crippen LogP contribution < -0.4 is 0 Å². The van der Waals surface area contributed by atoms with Gasteiger partial charge in [-0.3, -0.25) is 0 Å². The molecule has 0 N–H and O–H groups in total. The maximum absolute atomic E-state index is 6.75. The second-order valence-electron chi connectivity index (χ2n) is 8.57. The molecule has 4 unspecified atom stereocenters. The standard InChI is InChI=1S/C20H40O/c1-8-20(7,13-9-10-15(2)3)21-19-14-17(6)11-12-18(19)16(4)5/h15-19H,8-14H2,1-7H3. The van der Waals surface area contributed by atoms with Crippen LogP contribution in [-0.4, -0.2) is 11.7 Å². The molecule has 21 heavy (non-hydrogen) atoms. The molecular weight excluding hydrogens is 256 g/mol. The highest BCUT2D eigenvalue weighted by Gasteiger charge is 2.36. The van der Waals surface area contributed by atoms with Crippen LogP contribution in [0.2, 0.25) is 0 Å². The largest absolute Gasteiger partial charge is 0.372 e. The number of hydrogen-bond donors (Lipinski definition) is 0. The summed E-state index contributed by atoms with van der Waals surface area (Å²) in [6, 6.07) is 0. The third-order valence-electron chi connectivity index (χ3n) is 5.63. The monoisotopic (exact) mass is 296 g/mol. The highest BCUT2D eigenvalue weighted by molar-refractivity contribution is 4.85. The Hall–Kier alpha value is -0.0400. The van der Waals surface area contributed by atoms with Gasteiger partial charge >= 0.3 is 0 Å². The lowest BCUT2D eigenvalue weighted by molar-refractivity contribution is -0.137. The van der Waals surface area contributed by atoms with E-state index in [1.165, 1.54) is 38.5 Å². The summed E-state index contributed by atoms with van der Waals surface area (Å²) < 4.78 is 6.75. The van der Waals surface area contributed by atoms with Gasteiger partial charge in [-0.25, -0.2) is 0 Å². The summed E-state index contributed by atoms with van der Waals surface area (Å²) >= 11 is 0. The van der Waals surface area contributed by atoms with E-state index in [9.17, 15) is 0 Å². The van der Waals surface area contributed by atoms with Crippen molar-refractivity contribution in [1.82, 2.24) is 0 Å². The molecule has 1 aliphatic rings. The highest BCUT2D eigenvalue weighted by atomic mass is 16.5. The van der Waals surface area contributed by atoms with E-state index in [1.54, 1.807) is 0 Å². The van der Waals surface area contributed by atoms with Crippen LogP contribution in [0.4, 0.5) is 0 Å². The quantitative estimate of drug-likeness (QED) is 0.499. The van der Waals surface area contributed by atoms with E-state index in [2.05, 4.69) is 48.5 Å². The van der Waals surface area contributed by atoms with Gasteiger partial charge in [-0.2, -0.15) is 0 Å². The van der Waals surface area contributed by atoms with E-state index in [-0.39, 0.29) is 5.60 Å². The van der Waals surface area contributed by atoms with Crippen molar-refractivity contribution in [2.75, 3.05) is 0 Å². The molecule has 1 rings (SSSR count). The van der Waals surface area contributed by atoms with Gasteiger partial charge in [0.15, 0.2) is 0 Å². The minimum absolute atomic E-state index is 0.0871. The molecule has 1 heteroatoms. The zero-order chi connectivity index (χ0) is 16.0. The van der Waals surface area contributed by atoms with Gasteiger partial charge in [0.1, 0.15) is 0 Å². The summed E-state index contributed by atoms with van der Waals surface area (Å²) in [5.74, 6) is 3.16. The number of hydrogen-bond acceptors (Lipinski definition) is 1. The predicted octanol–water partition coefficient (Wildman–Crippen LogP) is 6.46. The topological polar surface area (TPSA) is 9.23 Å². The second-order valence-corrected chi connectivity index (χ2v) is 8.57. The minimum atomic E-state index is 0.0871. The maximum Gasteiger partial charge on any atom is 0.0655 e. The van der Waals surface area contributed by atoms with Crippen LogP contribution in [0.5, 0.6) is 0 Å². The molecule has 1 aliphatic carbocycles. The SMILES string of the molecule is CCC(C)(CCCC(C)C)OC1CC(C)CCC1C(C)C. The smallest absolute Gasteiger partial charge is 0.0655 e. The van der Waals surface area contributed by atoms with Crippen LogP contribution in [0, 0.1) is 23.7 Å². The van der Waals surface area contributed by atoms with E-state index in [4.69, 9.17) is 4.74 Å². The van der Waals surface area contributed by atoms with Gasteiger partial charge in [-0.15, -0.1) is 0 Å². The Morgan fingerprint density at radius 2 is 1.81 bits per heavy atom. The first kappa shape index (κ1) is 19.0. The molecule has 0 bridgehead atoms. The molecule has 0 radical (unpaired) electrons. The first-order valence-electron chi connectivity index (χ1n) is 9.45. The Kier molecular flexibility index (Phi) is 7.74. The van der Waals surface area contributed by atoms with E-state index >= 15 is 0 Å². The maximum atomic E-state index is 6.75. The fourth-order valence-corrected chi connectivity index (χ4v) is 3.82. The molecule has 0 aromatic heterocycles. The van der Waals surface area contributed by atoms with Crippen molar-refractivity contribution >= 4 is 0 Å². The summed E-state index contributed by atoms with van der Waals surface area (Å²) in [6.45, 7) is 16.4. The zero-order valence-electron chi connectivity index (χ0n) is 15.7. The molecule has 0 saturated heterocycles. The molecule has 0 aliphatic heterocycles. The van der Waals surface area contributed by atoms with Crippen LogP contribution in [0.15, 0.2) is 0 Å². The molecule has 1 fully saturated rings. The van der Waals surface area contributed by atoms with E-state index in [0.29, 0.717) is 6.10 Å². The van der Waals surface area contributed by atoms with E-state index in [0.717, 1.165) is 30.1 Å². The van der Waals surface area contributed by atoms with Gasteiger partial charge in [0.2, 0.25) is 0 Å². The van der Waals surface area contributed by atoms with E-state index in [1.807, 2.05) is 0 Å². The van der Waals surface area contributed by atoms with Crippen molar-refractivity contribution in [1.29, 1.82) is 0 Å². The second kappa shape index (κ2) is 8.56. The Labute approximate surface area is 134 Å². The van der Waals surface area contributed by atoms with Gasteiger partial charge in [0, 0.05) is 0 Å². The van der Waals surface area contributed by atoms with Gasteiger partial charge < -0.3 is 4.74 Å². The summed E-state index contributed by atoms with van der Waals surface area (Å²) in [7, 11) is 0. The molecule has 0 spiro atoms. The zero-order valence-corrected chi connectivity index (χ0v) is 15.7. The Morgan fingerprint density at radius 3 is 2.33 bits per heavy atom. The summed E-state index contributed by atoms with van der Waals surface area (Å²) in [5, 5.41) is 0. The van der Waals surface area contributed by atoms with E-state index < -0.39 is 0 Å². The number of rotatable bonds is 8. The van der Waals surface area contributed by atoms with Crippen LogP contribution in [0.3, 0.4) is 0 Å². The van der Waals surface area contributed by atoms with Gasteiger partial charge in [0.25, 0.3) is 0 Å². The normalized spacial score (nSPS) is 29.9. The summed E-state index contributed by atoms with van der Waals surface area (Å²) in [5.41, 5.74) is 0.0871. The molecule has 0 heterocycles. The van der Waals surface area contributed by atoms with Crippen LogP contribution in [0.25, 0.3) is 0 Å². The van der Waals surface area contributed by atoms with Gasteiger partial charge in [-0.1, -0.05) is 60.8 Å². The van der Waals surface area contributed by atoms with Gasteiger partial charge in [0.05, 0.1) is 11.7 Å². The fourth-order valence-electron chi connectivity index (χ4n) is 3.82. The van der Waals surface area contributed by atoms with Crippen LogP contribution in [-0.2, 0) is 4.74 Å². The Bertz CT molecular complexity index is 284. The molecular formula is C20H40O. The highest BCUT2D eigenvalue weighted by Crippen LogP contribution is 2.39. The lowest BCUT2D eigenvalue weighted by atomic mass is 9.75. The third-order valence-corrected chi connectivity index (χ3v) is 5.63. The average molecular weight is 297 g/mol. The van der Waals surface area contributed by atoms with Crippen molar-refractivity contribution in [2.24, 2.45) is 23.7 Å². The molecule has 0 aromatic carbocycles. The lowest BCUT2D eigenvalue weighted by Gasteiger charge is -2.42. The van der Waals surface area contributed by atoms with Crippen LogP contribution >= 0.6 is 0 Å². The van der Waals surface area contributed by atoms with Crippen molar-refractivity contribution in [3.63, 3.8) is 0 Å². The molecule has 1 saturated carbocycles. The average Bonchev–Trinajstić information content (AvgIpc) is 2.37. The molecule has 1 nitrogen and oxygen atoms in total. The first-order chi connectivity index (χ1) is 9.77. The third kappa shape index (κ3) is 6.30. The minimum Gasteiger partial charge on any atom is -0.372 e. The van der Waals surface area contributed by atoms with Crippen LogP contribution in [0.1, 0.15) is 93.4 Å². The summed E-state index contributed by atoms with van der Waals surface area (Å²) in [6.07, 6.45) is 9.48. The lowest BCUT2D eigenvalue weighted by Crippen LogP contribution is -2.41.